The SMILES string of the molecule is Cl.Cn1c(Cc2ccc(C(=N)N)cc2)nc2cc(NS(=O)(=O)c3cccc4ccccc34)ccc21. The van der Waals surface area contributed by atoms with E-state index < -0.39 is 10.0 Å². The number of hydrogen-bond donors (Lipinski definition) is 3. The second-order valence-corrected chi connectivity index (χ2v) is 9.81. The highest BCUT2D eigenvalue weighted by Gasteiger charge is 2.18. The molecular weight excluding hydrogens is 482 g/mol. The Morgan fingerprint density at radius 2 is 1.71 bits per heavy atom. The number of amidine groups is 1. The number of benzene rings is 4. The van der Waals surface area contributed by atoms with Crippen molar-refractivity contribution in [1.29, 1.82) is 5.41 Å². The molecule has 7 nitrogen and oxygen atoms in total. The van der Waals surface area contributed by atoms with Crippen LogP contribution in [0.15, 0.2) is 89.8 Å². The van der Waals surface area contributed by atoms with Gasteiger partial charge in [-0.05, 0) is 35.2 Å². The average Bonchev–Trinajstić information content (AvgIpc) is 3.13. The molecule has 0 saturated heterocycles. The van der Waals surface area contributed by atoms with E-state index in [1.54, 1.807) is 30.3 Å². The number of aryl methyl sites for hydroxylation is 1. The highest BCUT2D eigenvalue weighted by atomic mass is 35.5. The van der Waals surface area contributed by atoms with E-state index in [1.165, 1.54) is 0 Å². The molecule has 0 fully saturated rings. The van der Waals surface area contributed by atoms with Gasteiger partial charge in [0.2, 0.25) is 0 Å². The first kappa shape index (κ1) is 24.3. The number of imidazole rings is 1. The molecule has 4 N–H and O–H groups in total. The van der Waals surface area contributed by atoms with Crippen molar-refractivity contribution in [2.45, 2.75) is 11.3 Å². The minimum Gasteiger partial charge on any atom is -0.384 e. The molecule has 0 saturated carbocycles. The first-order valence-corrected chi connectivity index (χ1v) is 12.2. The third kappa shape index (κ3) is 4.71. The molecule has 178 valence electrons. The van der Waals surface area contributed by atoms with Crippen molar-refractivity contribution >= 4 is 55.8 Å². The standard InChI is InChI=1S/C26H23N5O2S.ClH/c1-31-23-14-13-20(30-34(32,33)24-8-4-6-18-5-2-3-7-21(18)24)16-22(23)29-25(31)15-17-9-11-19(12-10-17)26(27)28;/h2-14,16,30H,15H2,1H3,(H3,27,28);1H. The lowest BCUT2D eigenvalue weighted by Crippen LogP contribution is -2.13. The predicted octanol–water partition coefficient (Wildman–Crippen LogP) is 4.82. The zero-order valence-electron chi connectivity index (χ0n) is 18.9. The maximum Gasteiger partial charge on any atom is 0.262 e. The Balaban J connectivity index is 0.00000289. The normalized spacial score (nSPS) is 11.3. The molecule has 4 aromatic carbocycles. The number of nitrogens with zero attached hydrogens (tertiary/aromatic N) is 2. The fourth-order valence-electron chi connectivity index (χ4n) is 4.10. The molecule has 0 unspecified atom stereocenters. The van der Waals surface area contributed by atoms with Crippen LogP contribution in [0, 0.1) is 5.41 Å². The number of hydrogen-bond acceptors (Lipinski definition) is 4. The van der Waals surface area contributed by atoms with Gasteiger partial charge in [-0.25, -0.2) is 13.4 Å². The van der Waals surface area contributed by atoms with E-state index in [2.05, 4.69) is 4.72 Å². The molecular formula is C26H24ClN5O2S. The van der Waals surface area contributed by atoms with Crippen molar-refractivity contribution in [2.75, 3.05) is 4.72 Å². The summed E-state index contributed by atoms with van der Waals surface area (Å²) in [6, 6.07) is 25.5. The van der Waals surface area contributed by atoms with Gasteiger partial charge >= 0.3 is 0 Å². The fraction of sp³-hybridized carbons (Fsp3) is 0.0769. The summed E-state index contributed by atoms with van der Waals surface area (Å²) in [5.74, 6) is 0.882. The van der Waals surface area contributed by atoms with Gasteiger partial charge in [0.25, 0.3) is 10.0 Å². The molecule has 9 heteroatoms. The van der Waals surface area contributed by atoms with Crippen LogP contribution >= 0.6 is 12.4 Å². The van der Waals surface area contributed by atoms with E-state index >= 15 is 0 Å². The number of rotatable bonds is 6. The van der Waals surface area contributed by atoms with E-state index in [9.17, 15) is 8.42 Å². The Morgan fingerprint density at radius 1 is 1.00 bits per heavy atom. The average molecular weight is 506 g/mol. The van der Waals surface area contributed by atoms with Crippen LogP contribution in [0.1, 0.15) is 17.0 Å². The molecule has 0 aliphatic heterocycles. The van der Waals surface area contributed by atoms with Gasteiger partial charge in [0.1, 0.15) is 11.7 Å². The first-order chi connectivity index (χ1) is 16.3. The first-order valence-electron chi connectivity index (χ1n) is 10.7. The van der Waals surface area contributed by atoms with Crippen LogP contribution < -0.4 is 10.5 Å². The number of nitrogen functional groups attached to an aromatic ring is 1. The summed E-state index contributed by atoms with van der Waals surface area (Å²) < 4.78 is 31.1. The third-order valence-electron chi connectivity index (χ3n) is 5.89. The number of sulfonamides is 1. The van der Waals surface area contributed by atoms with Crippen LogP contribution in [-0.4, -0.2) is 23.8 Å². The Kier molecular flexibility index (Phi) is 6.51. The lowest BCUT2D eigenvalue weighted by atomic mass is 10.1. The summed E-state index contributed by atoms with van der Waals surface area (Å²) in [6.07, 6.45) is 0.598. The van der Waals surface area contributed by atoms with Crippen molar-refractivity contribution < 1.29 is 8.42 Å². The van der Waals surface area contributed by atoms with E-state index in [0.29, 0.717) is 28.6 Å². The van der Waals surface area contributed by atoms with Crippen molar-refractivity contribution in [3.8, 4) is 0 Å². The molecule has 35 heavy (non-hydrogen) atoms. The minimum absolute atomic E-state index is 0. The van der Waals surface area contributed by atoms with Crippen LogP contribution in [0.25, 0.3) is 21.8 Å². The maximum atomic E-state index is 13.2. The van der Waals surface area contributed by atoms with Gasteiger partial charge in [0, 0.05) is 24.4 Å². The topological polar surface area (TPSA) is 114 Å². The van der Waals surface area contributed by atoms with Gasteiger partial charge in [0.05, 0.1) is 21.6 Å². The number of halogens is 1. The van der Waals surface area contributed by atoms with Crippen LogP contribution in [0.5, 0.6) is 0 Å². The molecule has 1 aromatic heterocycles. The van der Waals surface area contributed by atoms with Gasteiger partial charge < -0.3 is 10.3 Å². The lowest BCUT2D eigenvalue weighted by Gasteiger charge is -2.10. The fourth-order valence-corrected chi connectivity index (χ4v) is 5.38. The van der Waals surface area contributed by atoms with Crippen LogP contribution in [0.3, 0.4) is 0 Å². The summed E-state index contributed by atoms with van der Waals surface area (Å²) in [7, 11) is -1.84. The van der Waals surface area contributed by atoms with Crippen LogP contribution in [0.2, 0.25) is 0 Å². The summed E-state index contributed by atoms with van der Waals surface area (Å²) in [4.78, 5) is 4.98. The minimum atomic E-state index is -3.78. The smallest absolute Gasteiger partial charge is 0.262 e. The molecule has 1 heterocycles. The Bertz CT molecular complexity index is 1660. The van der Waals surface area contributed by atoms with Gasteiger partial charge in [-0.2, -0.15) is 0 Å². The lowest BCUT2D eigenvalue weighted by molar-refractivity contribution is 0.602. The molecule has 5 rings (SSSR count). The van der Waals surface area contributed by atoms with Crippen LogP contribution in [0.4, 0.5) is 5.69 Å². The zero-order chi connectivity index (χ0) is 23.9. The predicted molar refractivity (Wildman–Crippen MR) is 143 cm³/mol. The highest BCUT2D eigenvalue weighted by molar-refractivity contribution is 7.93. The molecule has 0 aliphatic rings. The Hall–Kier alpha value is -3.88. The second-order valence-electron chi connectivity index (χ2n) is 8.16. The molecule has 0 atom stereocenters. The van der Waals surface area contributed by atoms with Gasteiger partial charge in [-0.15, -0.1) is 12.4 Å². The van der Waals surface area contributed by atoms with Crippen molar-refractivity contribution in [2.24, 2.45) is 12.8 Å². The monoisotopic (exact) mass is 505 g/mol. The largest absolute Gasteiger partial charge is 0.384 e. The van der Waals surface area contributed by atoms with E-state index in [0.717, 1.165) is 22.3 Å². The van der Waals surface area contributed by atoms with Crippen molar-refractivity contribution in [1.82, 2.24) is 9.55 Å². The van der Waals surface area contributed by atoms with E-state index in [1.807, 2.05) is 66.2 Å². The van der Waals surface area contributed by atoms with E-state index in [4.69, 9.17) is 16.1 Å². The van der Waals surface area contributed by atoms with E-state index in [-0.39, 0.29) is 23.1 Å². The van der Waals surface area contributed by atoms with Gasteiger partial charge in [0.15, 0.2) is 0 Å². The summed E-state index contributed by atoms with van der Waals surface area (Å²) >= 11 is 0. The number of anilines is 1. The molecule has 0 aliphatic carbocycles. The number of nitrogens with two attached hydrogens (primary N) is 1. The highest BCUT2D eigenvalue weighted by Crippen LogP contribution is 2.27. The number of nitrogens with one attached hydrogen (secondary N) is 2. The summed E-state index contributed by atoms with van der Waals surface area (Å²) in [6.45, 7) is 0. The van der Waals surface area contributed by atoms with Crippen molar-refractivity contribution in [3.63, 3.8) is 0 Å². The van der Waals surface area contributed by atoms with Gasteiger partial charge in [-0.3, -0.25) is 10.1 Å². The number of fused-ring (bicyclic) bond motifs is 2. The quantitative estimate of drug-likeness (QED) is 0.226. The van der Waals surface area contributed by atoms with Crippen molar-refractivity contribution in [3.05, 3.63) is 102 Å². The second kappa shape index (κ2) is 9.40. The maximum absolute atomic E-state index is 13.2. The summed E-state index contributed by atoms with van der Waals surface area (Å²) in [5, 5.41) is 9.07. The Morgan fingerprint density at radius 3 is 2.46 bits per heavy atom. The molecule has 0 amide bonds. The molecule has 0 bridgehead atoms. The molecule has 5 aromatic rings. The number of aromatic nitrogens is 2. The molecule has 0 spiro atoms. The van der Waals surface area contributed by atoms with Gasteiger partial charge in [-0.1, -0.05) is 60.7 Å². The summed E-state index contributed by atoms with van der Waals surface area (Å²) in [5.41, 5.74) is 9.32. The zero-order valence-corrected chi connectivity index (χ0v) is 20.5. The Labute approximate surface area is 209 Å². The third-order valence-corrected chi connectivity index (χ3v) is 7.33. The van der Waals surface area contributed by atoms with Crippen LogP contribution in [-0.2, 0) is 23.5 Å². The molecule has 0 radical (unpaired) electrons.